The molecule has 0 spiro atoms. The molecule has 10 nitrogen and oxygen atoms in total. The third kappa shape index (κ3) is 8.50. The maximum atomic E-state index is 15.2. The molecule has 2 rings (SSSR count). The summed E-state index contributed by atoms with van der Waals surface area (Å²) in [5, 5.41) is 9.31. The van der Waals surface area contributed by atoms with Gasteiger partial charge in [-0.15, -0.1) is 0 Å². The second-order valence-corrected chi connectivity index (χ2v) is 10.3. The highest BCUT2D eigenvalue weighted by Crippen LogP contribution is 2.50. The van der Waals surface area contributed by atoms with Gasteiger partial charge < -0.3 is 19.7 Å². The molecule has 0 bridgehead atoms. The van der Waals surface area contributed by atoms with Crippen LogP contribution < -0.4 is 15.0 Å². The molecule has 41 heavy (non-hydrogen) atoms. The zero-order valence-corrected chi connectivity index (χ0v) is 25.0. The van der Waals surface area contributed by atoms with Crippen molar-refractivity contribution in [3.63, 3.8) is 0 Å². The van der Waals surface area contributed by atoms with Crippen molar-refractivity contribution in [2.24, 2.45) is 16.6 Å². The molecule has 222 valence electrons. The lowest BCUT2D eigenvalue weighted by Crippen LogP contribution is -2.21. The van der Waals surface area contributed by atoms with Gasteiger partial charge in [0.1, 0.15) is 36.4 Å². The minimum atomic E-state index is -4.20. The van der Waals surface area contributed by atoms with Crippen molar-refractivity contribution in [1.29, 1.82) is 5.26 Å². The van der Waals surface area contributed by atoms with Gasteiger partial charge in [-0.2, -0.15) is 5.26 Å². The van der Waals surface area contributed by atoms with Gasteiger partial charge in [0.05, 0.1) is 40.9 Å². The predicted octanol–water partition coefficient (Wildman–Crippen LogP) is 6.59. The van der Waals surface area contributed by atoms with Gasteiger partial charge in [0.2, 0.25) is 5.88 Å². The van der Waals surface area contributed by atoms with Crippen LogP contribution in [0, 0.1) is 28.9 Å². The highest BCUT2D eigenvalue weighted by Gasteiger charge is 2.31. The number of phosphoric ester groups is 1. The number of aromatic nitrogens is 1. The van der Waals surface area contributed by atoms with E-state index in [2.05, 4.69) is 16.6 Å². The summed E-state index contributed by atoms with van der Waals surface area (Å²) in [6.07, 6.45) is 1.41. The number of allylic oxidation sites excluding steroid dienone is 2. The molecule has 0 aliphatic carbocycles. The fourth-order valence-electron chi connectivity index (χ4n) is 3.56. The quantitative estimate of drug-likeness (QED) is 0.0775. The molecule has 0 atom stereocenters. The van der Waals surface area contributed by atoms with Gasteiger partial charge >= 0.3 is 7.82 Å². The van der Waals surface area contributed by atoms with Crippen molar-refractivity contribution in [2.75, 3.05) is 33.5 Å². The van der Waals surface area contributed by atoms with Gasteiger partial charge in [-0.05, 0) is 44.0 Å². The summed E-state index contributed by atoms with van der Waals surface area (Å²) >= 11 is 6.32. The summed E-state index contributed by atoms with van der Waals surface area (Å²) < 4.78 is 69.8. The average molecular weight is 613 g/mol. The number of ether oxygens (including phenoxy) is 2. The van der Waals surface area contributed by atoms with E-state index in [9.17, 15) is 14.2 Å². The number of nitrogens with zero attached hydrogens (tertiary/aromatic N) is 3. The summed E-state index contributed by atoms with van der Waals surface area (Å²) in [5.74, 6) is -2.67. The predicted molar refractivity (Wildman–Crippen MR) is 152 cm³/mol. The standard InChI is InChI=1S/C27H32ClF2N4O6P/c1-7-21(23(32)24(33-6)16(4)5)36-12-13-37-26-20(30)11-10-19(29)22(26)25-18(28)14-17(15-31)27(34-25)40-41(35,38-8-2)39-9-3/h7,10-11,14,16H,1,8-9,12-13,32H2,2-6H3/b23-21-,33-24?. The Morgan fingerprint density at radius 2 is 1.88 bits per heavy atom. The summed E-state index contributed by atoms with van der Waals surface area (Å²) in [6.45, 7) is 10.2. The van der Waals surface area contributed by atoms with Gasteiger partial charge in [-0.1, -0.05) is 32.0 Å². The molecule has 1 heterocycles. The SMILES string of the molecule is C=C/C(OCCOc1c(F)ccc(F)c1-c1nc(OP(=O)(OCC)OCC)c(C#N)cc1Cl)=C(/N)C(=NC)C(C)C. The number of aliphatic imine (C=N–C) groups is 1. The van der Waals surface area contributed by atoms with Crippen molar-refractivity contribution in [1.82, 2.24) is 4.98 Å². The first kappa shape index (κ1) is 33.7. The lowest BCUT2D eigenvalue weighted by atomic mass is 10.0. The lowest BCUT2D eigenvalue weighted by Gasteiger charge is -2.19. The lowest BCUT2D eigenvalue weighted by molar-refractivity contribution is 0.159. The Balaban J connectivity index is 2.46. The Morgan fingerprint density at radius 3 is 2.41 bits per heavy atom. The smallest absolute Gasteiger partial charge is 0.488 e. The molecule has 0 aliphatic heterocycles. The molecule has 0 fully saturated rings. The van der Waals surface area contributed by atoms with Crippen LogP contribution in [0.2, 0.25) is 5.02 Å². The first-order valence-corrected chi connectivity index (χ1v) is 14.3. The second kappa shape index (κ2) is 15.5. The second-order valence-electron chi connectivity index (χ2n) is 8.33. The molecule has 0 saturated heterocycles. The molecule has 0 unspecified atom stereocenters. The van der Waals surface area contributed by atoms with E-state index < -0.39 is 36.7 Å². The fourth-order valence-corrected chi connectivity index (χ4v) is 4.97. The third-order valence-corrected chi connectivity index (χ3v) is 7.07. The summed E-state index contributed by atoms with van der Waals surface area (Å²) in [5.41, 5.74) is 6.00. The number of nitriles is 1. The van der Waals surface area contributed by atoms with Crippen LogP contribution in [-0.4, -0.2) is 44.2 Å². The highest BCUT2D eigenvalue weighted by atomic mass is 35.5. The van der Waals surface area contributed by atoms with E-state index in [1.165, 1.54) is 6.08 Å². The number of hydrogen-bond acceptors (Lipinski definition) is 10. The molecule has 0 aliphatic rings. The minimum absolute atomic E-state index is 0.0215. The van der Waals surface area contributed by atoms with Crippen LogP contribution in [-0.2, 0) is 18.3 Å². The minimum Gasteiger partial charge on any atom is -0.488 e. The van der Waals surface area contributed by atoms with Crippen molar-refractivity contribution in [3.8, 4) is 29.0 Å². The Hall–Kier alpha value is -3.49. The fraction of sp³-hybridized carbons (Fsp3) is 0.370. The Kier molecular flexibility index (Phi) is 12.7. The first-order valence-electron chi connectivity index (χ1n) is 12.5. The van der Waals surface area contributed by atoms with Crippen LogP contribution in [0.1, 0.15) is 33.3 Å². The van der Waals surface area contributed by atoms with Gasteiger partial charge in [0, 0.05) is 7.05 Å². The third-order valence-electron chi connectivity index (χ3n) is 5.23. The summed E-state index contributed by atoms with van der Waals surface area (Å²) in [4.78, 5) is 8.26. The van der Waals surface area contributed by atoms with E-state index in [-0.39, 0.29) is 60.1 Å². The summed E-state index contributed by atoms with van der Waals surface area (Å²) in [6, 6.07) is 4.62. The molecular formula is C27H32ClF2N4O6P. The van der Waals surface area contributed by atoms with E-state index in [0.29, 0.717) is 5.71 Å². The van der Waals surface area contributed by atoms with E-state index in [4.69, 9.17) is 40.4 Å². The molecule has 0 radical (unpaired) electrons. The molecule has 0 amide bonds. The maximum Gasteiger partial charge on any atom is 0.531 e. The van der Waals surface area contributed by atoms with Crippen LogP contribution in [0.25, 0.3) is 11.3 Å². The van der Waals surface area contributed by atoms with Gasteiger partial charge in [0.25, 0.3) is 0 Å². The van der Waals surface area contributed by atoms with Gasteiger partial charge in [-0.25, -0.2) is 18.3 Å². The van der Waals surface area contributed by atoms with Gasteiger partial charge in [-0.3, -0.25) is 14.0 Å². The Morgan fingerprint density at radius 1 is 1.24 bits per heavy atom. The number of phosphoric acid groups is 1. The highest BCUT2D eigenvalue weighted by molar-refractivity contribution is 7.48. The topological polar surface area (TPSA) is 138 Å². The number of rotatable bonds is 15. The monoisotopic (exact) mass is 612 g/mol. The molecule has 1 aromatic heterocycles. The number of hydrogen-bond donors (Lipinski definition) is 1. The number of benzene rings is 1. The van der Waals surface area contributed by atoms with E-state index in [1.807, 2.05) is 13.8 Å². The normalized spacial score (nSPS) is 12.5. The number of halogens is 3. The van der Waals surface area contributed by atoms with Crippen molar-refractivity contribution in [2.45, 2.75) is 27.7 Å². The van der Waals surface area contributed by atoms with Gasteiger partial charge in [0.15, 0.2) is 11.6 Å². The van der Waals surface area contributed by atoms with E-state index >= 15 is 4.39 Å². The van der Waals surface area contributed by atoms with Crippen molar-refractivity contribution >= 4 is 25.1 Å². The first-order chi connectivity index (χ1) is 19.5. The zero-order chi connectivity index (χ0) is 30.7. The van der Waals surface area contributed by atoms with Crippen LogP contribution in [0.4, 0.5) is 8.78 Å². The zero-order valence-electron chi connectivity index (χ0n) is 23.4. The average Bonchev–Trinajstić information content (AvgIpc) is 2.91. The van der Waals surface area contributed by atoms with Crippen LogP contribution in [0.5, 0.6) is 11.6 Å². The maximum absolute atomic E-state index is 15.2. The Labute approximate surface area is 243 Å². The molecule has 0 saturated carbocycles. The van der Waals surface area contributed by atoms with Crippen LogP contribution >= 0.6 is 19.4 Å². The van der Waals surface area contributed by atoms with Crippen LogP contribution in [0.3, 0.4) is 0 Å². The van der Waals surface area contributed by atoms with Crippen LogP contribution in [0.15, 0.2) is 47.3 Å². The van der Waals surface area contributed by atoms with Crippen molar-refractivity contribution in [3.05, 3.63) is 64.5 Å². The molecule has 14 heteroatoms. The molecule has 2 N–H and O–H groups in total. The molecule has 1 aromatic carbocycles. The van der Waals surface area contributed by atoms with Crippen molar-refractivity contribution < 1.29 is 36.4 Å². The van der Waals surface area contributed by atoms with E-state index in [0.717, 1.165) is 18.2 Å². The molecule has 2 aromatic rings. The Bertz CT molecular complexity index is 1400. The number of nitrogens with two attached hydrogens (primary N) is 1. The number of pyridine rings is 1. The molecular weight excluding hydrogens is 581 g/mol. The van der Waals surface area contributed by atoms with E-state index in [1.54, 1.807) is 27.0 Å². The largest absolute Gasteiger partial charge is 0.531 e. The summed E-state index contributed by atoms with van der Waals surface area (Å²) in [7, 11) is -2.60.